The number of nitrogens with zero attached hydrogens (tertiary/aromatic N) is 5. The highest BCUT2D eigenvalue weighted by molar-refractivity contribution is 7.99. The van der Waals surface area contributed by atoms with Crippen LogP contribution in [0.15, 0.2) is 29.4 Å². The number of anilines is 1. The number of hydrogen-bond donors (Lipinski definition) is 1. The molecule has 0 atom stereocenters. The van der Waals surface area contributed by atoms with Gasteiger partial charge in [0, 0.05) is 5.69 Å². The van der Waals surface area contributed by atoms with E-state index in [-0.39, 0.29) is 11.7 Å². The normalized spacial score (nSPS) is 14.6. The number of nitriles is 1. The third-order valence-electron chi connectivity index (χ3n) is 3.74. The smallest absolute Gasteiger partial charge is 0.234 e. The number of carbonyl (C=O) groups excluding carboxylic acids is 1. The molecular weight excluding hydrogens is 312 g/mol. The number of hydrogen-bond acceptors (Lipinski definition) is 6. The number of amides is 1. The van der Waals surface area contributed by atoms with Crippen LogP contribution in [0.25, 0.3) is 0 Å². The largest absolute Gasteiger partial charge is 0.325 e. The van der Waals surface area contributed by atoms with Gasteiger partial charge in [0.2, 0.25) is 11.1 Å². The van der Waals surface area contributed by atoms with Crippen LogP contribution in [0.3, 0.4) is 0 Å². The van der Waals surface area contributed by atoms with Crippen LogP contribution in [-0.2, 0) is 4.79 Å². The van der Waals surface area contributed by atoms with Gasteiger partial charge in [-0.15, -0.1) is 5.10 Å². The molecule has 2 aromatic rings. The van der Waals surface area contributed by atoms with Crippen LogP contribution >= 0.6 is 11.8 Å². The minimum atomic E-state index is -0.147. The topological polar surface area (TPSA) is 96.5 Å². The van der Waals surface area contributed by atoms with E-state index in [2.05, 4.69) is 20.8 Å². The molecule has 3 rings (SSSR count). The summed E-state index contributed by atoms with van der Waals surface area (Å²) >= 11 is 1.33. The quantitative estimate of drug-likeness (QED) is 0.847. The van der Waals surface area contributed by atoms with Crippen LogP contribution in [-0.4, -0.2) is 31.9 Å². The first-order valence-electron chi connectivity index (χ1n) is 7.47. The van der Waals surface area contributed by atoms with Crippen molar-refractivity contribution in [3.63, 3.8) is 0 Å². The monoisotopic (exact) mass is 328 g/mol. The Morgan fingerprint density at radius 1 is 1.43 bits per heavy atom. The molecule has 0 saturated heterocycles. The van der Waals surface area contributed by atoms with Gasteiger partial charge < -0.3 is 5.32 Å². The first-order chi connectivity index (χ1) is 11.3. The SMILES string of the molecule is N#Cc1cccc(NC(=O)CSc2nnnn2C2CCCC2)c1. The number of carbonyl (C=O) groups is 1. The maximum Gasteiger partial charge on any atom is 0.234 e. The van der Waals surface area contributed by atoms with Gasteiger partial charge in [-0.2, -0.15) is 5.26 Å². The second-order valence-electron chi connectivity index (χ2n) is 5.37. The van der Waals surface area contributed by atoms with E-state index < -0.39 is 0 Å². The van der Waals surface area contributed by atoms with Crippen molar-refractivity contribution in [1.29, 1.82) is 5.26 Å². The average molecular weight is 328 g/mol. The molecule has 1 heterocycles. The van der Waals surface area contributed by atoms with E-state index in [0.29, 0.717) is 22.4 Å². The molecule has 1 amide bonds. The van der Waals surface area contributed by atoms with Crippen LogP contribution < -0.4 is 5.32 Å². The van der Waals surface area contributed by atoms with E-state index in [1.807, 2.05) is 10.8 Å². The van der Waals surface area contributed by atoms with Gasteiger partial charge in [-0.3, -0.25) is 4.79 Å². The number of thioether (sulfide) groups is 1. The van der Waals surface area contributed by atoms with Crippen molar-refractivity contribution >= 4 is 23.4 Å². The molecule has 1 saturated carbocycles. The summed E-state index contributed by atoms with van der Waals surface area (Å²) in [5.41, 5.74) is 1.13. The standard InChI is InChI=1S/C15H16N6OS/c16-9-11-4-3-5-12(8-11)17-14(22)10-23-15-18-19-20-21(15)13-6-1-2-7-13/h3-5,8,13H,1-2,6-7,10H2,(H,17,22). The predicted molar refractivity (Wildman–Crippen MR) is 85.8 cm³/mol. The molecule has 1 N–H and O–H groups in total. The van der Waals surface area contributed by atoms with Crippen molar-refractivity contribution < 1.29 is 4.79 Å². The number of tetrazole rings is 1. The number of nitrogens with one attached hydrogen (secondary N) is 1. The molecule has 118 valence electrons. The second kappa shape index (κ2) is 7.24. The van der Waals surface area contributed by atoms with Gasteiger partial charge in [-0.25, -0.2) is 4.68 Å². The van der Waals surface area contributed by atoms with Gasteiger partial charge >= 0.3 is 0 Å². The van der Waals surface area contributed by atoms with Gasteiger partial charge in [0.15, 0.2) is 0 Å². The fourth-order valence-corrected chi connectivity index (χ4v) is 3.40. The molecule has 1 fully saturated rings. The van der Waals surface area contributed by atoms with E-state index in [0.717, 1.165) is 12.8 Å². The third-order valence-corrected chi connectivity index (χ3v) is 4.67. The molecule has 7 nitrogen and oxygen atoms in total. The number of benzene rings is 1. The van der Waals surface area contributed by atoms with Crippen molar-refractivity contribution in [2.75, 3.05) is 11.1 Å². The van der Waals surface area contributed by atoms with Crippen molar-refractivity contribution in [2.45, 2.75) is 36.9 Å². The van der Waals surface area contributed by atoms with Crippen molar-refractivity contribution in [3.05, 3.63) is 29.8 Å². The van der Waals surface area contributed by atoms with Crippen LogP contribution in [0.4, 0.5) is 5.69 Å². The lowest BCUT2D eigenvalue weighted by Crippen LogP contribution is -2.15. The van der Waals surface area contributed by atoms with Gasteiger partial charge in [0.05, 0.1) is 23.4 Å². The van der Waals surface area contributed by atoms with Gasteiger partial charge in [-0.05, 0) is 41.5 Å². The minimum absolute atomic E-state index is 0.147. The average Bonchev–Trinajstić information content (AvgIpc) is 3.24. The van der Waals surface area contributed by atoms with Crippen molar-refractivity contribution in [2.24, 2.45) is 0 Å². The Labute approximate surface area is 138 Å². The lowest BCUT2D eigenvalue weighted by atomic mass is 10.2. The van der Waals surface area contributed by atoms with Crippen LogP contribution in [0.2, 0.25) is 0 Å². The molecule has 0 unspecified atom stereocenters. The number of rotatable bonds is 5. The second-order valence-corrected chi connectivity index (χ2v) is 6.32. The molecule has 1 aliphatic rings. The summed E-state index contributed by atoms with van der Waals surface area (Å²) in [5.74, 6) is 0.0789. The van der Waals surface area contributed by atoms with Crippen molar-refractivity contribution in [3.8, 4) is 6.07 Å². The summed E-state index contributed by atoms with van der Waals surface area (Å²) in [6, 6.07) is 9.23. The highest BCUT2D eigenvalue weighted by Crippen LogP contribution is 2.31. The highest BCUT2D eigenvalue weighted by Gasteiger charge is 2.22. The van der Waals surface area contributed by atoms with E-state index in [4.69, 9.17) is 5.26 Å². The van der Waals surface area contributed by atoms with Crippen molar-refractivity contribution in [1.82, 2.24) is 20.2 Å². The highest BCUT2D eigenvalue weighted by atomic mass is 32.2. The molecule has 23 heavy (non-hydrogen) atoms. The molecule has 1 aromatic heterocycles. The molecule has 0 aliphatic heterocycles. The molecule has 0 radical (unpaired) electrons. The summed E-state index contributed by atoms with van der Waals surface area (Å²) in [4.78, 5) is 12.0. The Morgan fingerprint density at radius 3 is 3.04 bits per heavy atom. The first-order valence-corrected chi connectivity index (χ1v) is 8.45. The number of aromatic nitrogens is 4. The fourth-order valence-electron chi connectivity index (χ4n) is 2.65. The zero-order valence-electron chi connectivity index (χ0n) is 12.5. The lowest BCUT2D eigenvalue weighted by Gasteiger charge is -2.10. The van der Waals surface area contributed by atoms with E-state index in [1.54, 1.807) is 24.3 Å². The summed E-state index contributed by atoms with van der Waals surface area (Å²) in [6.07, 6.45) is 4.58. The summed E-state index contributed by atoms with van der Waals surface area (Å²) in [7, 11) is 0. The lowest BCUT2D eigenvalue weighted by molar-refractivity contribution is -0.113. The first kappa shape index (κ1) is 15.5. The minimum Gasteiger partial charge on any atom is -0.325 e. The van der Waals surface area contributed by atoms with E-state index >= 15 is 0 Å². The van der Waals surface area contributed by atoms with Crippen LogP contribution in [0.1, 0.15) is 37.3 Å². The maximum absolute atomic E-state index is 12.0. The Hall–Kier alpha value is -2.40. The third kappa shape index (κ3) is 3.87. The Morgan fingerprint density at radius 2 is 2.26 bits per heavy atom. The summed E-state index contributed by atoms with van der Waals surface area (Å²) in [6.45, 7) is 0. The van der Waals surface area contributed by atoms with Crippen LogP contribution in [0.5, 0.6) is 0 Å². The molecule has 1 aliphatic carbocycles. The zero-order chi connectivity index (χ0) is 16.1. The molecular formula is C15H16N6OS. The van der Waals surface area contributed by atoms with Gasteiger partial charge in [-0.1, -0.05) is 30.7 Å². The zero-order valence-corrected chi connectivity index (χ0v) is 13.3. The molecule has 0 bridgehead atoms. The van der Waals surface area contributed by atoms with Crippen LogP contribution in [0, 0.1) is 11.3 Å². The Balaban J connectivity index is 1.57. The van der Waals surface area contributed by atoms with Gasteiger partial charge in [0.25, 0.3) is 0 Å². The fraction of sp³-hybridized carbons (Fsp3) is 0.400. The Kier molecular flexibility index (Phi) is 4.88. The predicted octanol–water partition coefficient (Wildman–Crippen LogP) is 2.39. The molecule has 8 heteroatoms. The molecule has 0 spiro atoms. The van der Waals surface area contributed by atoms with E-state index in [9.17, 15) is 4.79 Å². The van der Waals surface area contributed by atoms with E-state index in [1.165, 1.54) is 24.6 Å². The maximum atomic E-state index is 12.0. The molecule has 1 aromatic carbocycles. The Bertz CT molecular complexity index is 732. The summed E-state index contributed by atoms with van der Waals surface area (Å²) < 4.78 is 1.83. The van der Waals surface area contributed by atoms with Gasteiger partial charge in [0.1, 0.15) is 0 Å². The summed E-state index contributed by atoms with van der Waals surface area (Å²) in [5, 5.41) is 24.1.